The van der Waals surface area contributed by atoms with Crippen molar-refractivity contribution in [1.29, 1.82) is 0 Å². The van der Waals surface area contributed by atoms with Gasteiger partial charge in [0.25, 0.3) is 0 Å². The van der Waals surface area contributed by atoms with Crippen LogP contribution in [-0.4, -0.2) is 17.4 Å². The first-order valence-corrected chi connectivity index (χ1v) is 10.8. The summed E-state index contributed by atoms with van der Waals surface area (Å²) >= 11 is 6.33. The Morgan fingerprint density at radius 2 is 1.84 bits per heavy atom. The van der Waals surface area contributed by atoms with Gasteiger partial charge in [0.2, 0.25) is 5.91 Å². The minimum absolute atomic E-state index is 0.0268. The van der Waals surface area contributed by atoms with Crippen molar-refractivity contribution in [1.82, 2.24) is 4.98 Å². The number of hydrogen-bond donors (Lipinski definition) is 1. The molecule has 31 heavy (non-hydrogen) atoms. The second kappa shape index (κ2) is 8.40. The number of nitrogens with one attached hydrogen (secondary N) is 1. The van der Waals surface area contributed by atoms with E-state index in [-0.39, 0.29) is 11.8 Å². The summed E-state index contributed by atoms with van der Waals surface area (Å²) in [5.41, 5.74) is 4.02. The van der Waals surface area contributed by atoms with Crippen LogP contribution in [0.5, 0.6) is 0 Å². The van der Waals surface area contributed by atoms with Gasteiger partial charge >= 0.3 is 0 Å². The van der Waals surface area contributed by atoms with E-state index >= 15 is 0 Å². The van der Waals surface area contributed by atoms with Gasteiger partial charge in [0, 0.05) is 40.8 Å². The second-order valence-electron chi connectivity index (χ2n) is 7.85. The summed E-state index contributed by atoms with van der Waals surface area (Å²) in [5, 5.41) is 5.75. The summed E-state index contributed by atoms with van der Waals surface area (Å²) in [6, 6.07) is 24.2. The van der Waals surface area contributed by atoms with Gasteiger partial charge in [-0.25, -0.2) is 0 Å². The van der Waals surface area contributed by atoms with Gasteiger partial charge in [-0.3, -0.25) is 9.78 Å². The number of nitrogens with zero attached hydrogens (tertiary/aromatic N) is 2. The van der Waals surface area contributed by atoms with Gasteiger partial charge in [0.05, 0.1) is 17.8 Å². The molecule has 5 rings (SSSR count). The molecule has 4 nitrogen and oxygen atoms in total. The Hall–Kier alpha value is -3.37. The lowest BCUT2D eigenvalue weighted by atomic mass is 9.88. The molecule has 4 aromatic rings. The molecule has 2 heterocycles. The van der Waals surface area contributed by atoms with E-state index in [1.54, 1.807) is 6.20 Å². The van der Waals surface area contributed by atoms with Crippen molar-refractivity contribution in [2.45, 2.75) is 18.9 Å². The van der Waals surface area contributed by atoms with Gasteiger partial charge in [0.1, 0.15) is 0 Å². The average molecular weight is 428 g/mol. The van der Waals surface area contributed by atoms with Crippen molar-refractivity contribution in [3.8, 4) is 0 Å². The first-order valence-electron chi connectivity index (χ1n) is 10.4. The normalized spacial score (nSPS) is 15.5. The van der Waals surface area contributed by atoms with Crippen molar-refractivity contribution in [2.75, 3.05) is 16.8 Å². The first-order chi connectivity index (χ1) is 15.2. The smallest absolute Gasteiger partial charge is 0.232 e. The number of rotatable bonds is 4. The van der Waals surface area contributed by atoms with Crippen LogP contribution in [0.25, 0.3) is 10.8 Å². The van der Waals surface area contributed by atoms with E-state index in [2.05, 4.69) is 39.5 Å². The van der Waals surface area contributed by atoms with Gasteiger partial charge in [-0.15, -0.1) is 0 Å². The SMILES string of the molecule is O=C(Nc1cncc2ccccc12)C1CCN(Cc2ccccc2)c2ccc(Cl)cc21. The number of benzene rings is 3. The Bertz CT molecular complexity index is 1240. The molecule has 0 saturated carbocycles. The molecule has 1 aliphatic heterocycles. The van der Waals surface area contributed by atoms with E-state index < -0.39 is 0 Å². The van der Waals surface area contributed by atoms with Crippen LogP contribution in [0.1, 0.15) is 23.5 Å². The number of hydrogen-bond acceptors (Lipinski definition) is 3. The minimum Gasteiger partial charge on any atom is -0.367 e. The third-order valence-corrected chi connectivity index (χ3v) is 6.09. The van der Waals surface area contributed by atoms with E-state index in [0.717, 1.165) is 47.2 Å². The molecule has 1 unspecified atom stereocenters. The van der Waals surface area contributed by atoms with E-state index in [9.17, 15) is 4.79 Å². The Labute approximate surface area is 186 Å². The molecule has 1 aliphatic rings. The predicted octanol–water partition coefficient (Wildman–Crippen LogP) is 6.02. The van der Waals surface area contributed by atoms with Crippen molar-refractivity contribution in [3.63, 3.8) is 0 Å². The zero-order valence-corrected chi connectivity index (χ0v) is 17.7. The quantitative estimate of drug-likeness (QED) is 0.433. The Morgan fingerprint density at radius 3 is 2.71 bits per heavy atom. The van der Waals surface area contributed by atoms with Crippen molar-refractivity contribution in [3.05, 3.63) is 101 Å². The number of fused-ring (bicyclic) bond motifs is 2. The van der Waals surface area contributed by atoms with E-state index in [0.29, 0.717) is 5.02 Å². The highest BCUT2D eigenvalue weighted by molar-refractivity contribution is 6.30. The van der Waals surface area contributed by atoms with Crippen LogP contribution < -0.4 is 10.2 Å². The summed E-state index contributed by atoms with van der Waals surface area (Å²) in [7, 11) is 0. The summed E-state index contributed by atoms with van der Waals surface area (Å²) in [6.45, 7) is 1.60. The molecule has 3 aromatic carbocycles. The molecule has 0 saturated heterocycles. The molecular weight excluding hydrogens is 406 g/mol. The van der Waals surface area contributed by atoms with Crippen LogP contribution in [0, 0.1) is 0 Å². The van der Waals surface area contributed by atoms with Crippen LogP contribution in [0.2, 0.25) is 5.02 Å². The van der Waals surface area contributed by atoms with Gasteiger partial charge in [-0.2, -0.15) is 0 Å². The number of amides is 1. The lowest BCUT2D eigenvalue weighted by Crippen LogP contribution is -2.35. The molecule has 0 bridgehead atoms. The standard InChI is InChI=1S/C26H22ClN3O/c27-20-10-11-25-23(14-20)22(12-13-30(25)17-18-6-2-1-3-7-18)26(31)29-24-16-28-15-19-8-4-5-9-21(19)24/h1-11,14-16,22H,12-13,17H2,(H,29,31). The fraction of sp³-hybridized carbons (Fsp3) is 0.154. The molecule has 0 aliphatic carbocycles. The molecular formula is C26H22ClN3O. The summed E-state index contributed by atoms with van der Waals surface area (Å²) in [6.07, 6.45) is 4.25. The number of aromatic nitrogens is 1. The fourth-order valence-corrected chi connectivity index (χ4v) is 4.51. The second-order valence-corrected chi connectivity index (χ2v) is 8.29. The molecule has 1 N–H and O–H groups in total. The minimum atomic E-state index is -0.264. The number of carbonyl (C=O) groups excluding carboxylic acids is 1. The Balaban J connectivity index is 1.44. The van der Waals surface area contributed by atoms with Crippen LogP contribution in [0.15, 0.2) is 85.2 Å². The molecule has 0 fully saturated rings. The number of halogens is 1. The molecule has 1 atom stereocenters. The van der Waals surface area contributed by atoms with Gasteiger partial charge < -0.3 is 10.2 Å². The molecule has 154 valence electrons. The molecule has 0 radical (unpaired) electrons. The third-order valence-electron chi connectivity index (χ3n) is 5.85. The maximum atomic E-state index is 13.3. The highest BCUT2D eigenvalue weighted by Gasteiger charge is 2.30. The first kappa shape index (κ1) is 19.6. The number of carbonyl (C=O) groups is 1. The fourth-order valence-electron chi connectivity index (χ4n) is 4.33. The topological polar surface area (TPSA) is 45.2 Å². The van der Waals surface area contributed by atoms with Crippen molar-refractivity contribution < 1.29 is 4.79 Å². The van der Waals surface area contributed by atoms with Gasteiger partial charge in [-0.05, 0) is 35.7 Å². The number of pyridine rings is 1. The van der Waals surface area contributed by atoms with Gasteiger partial charge in [0.15, 0.2) is 0 Å². The highest BCUT2D eigenvalue weighted by atomic mass is 35.5. The third kappa shape index (κ3) is 3.99. The zero-order chi connectivity index (χ0) is 21.2. The lowest BCUT2D eigenvalue weighted by Gasteiger charge is -2.35. The van der Waals surface area contributed by atoms with Crippen LogP contribution in [0.3, 0.4) is 0 Å². The molecule has 5 heteroatoms. The summed E-state index contributed by atoms with van der Waals surface area (Å²) in [4.78, 5) is 20.0. The van der Waals surface area contributed by atoms with E-state index in [4.69, 9.17) is 11.6 Å². The Kier molecular flexibility index (Phi) is 5.31. The predicted molar refractivity (Wildman–Crippen MR) is 127 cm³/mol. The summed E-state index contributed by atoms with van der Waals surface area (Å²) in [5.74, 6) is -0.291. The number of anilines is 2. The summed E-state index contributed by atoms with van der Waals surface area (Å²) < 4.78 is 0. The maximum Gasteiger partial charge on any atom is 0.232 e. The lowest BCUT2D eigenvalue weighted by molar-refractivity contribution is -0.117. The van der Waals surface area contributed by atoms with Crippen LogP contribution in [0.4, 0.5) is 11.4 Å². The van der Waals surface area contributed by atoms with Crippen LogP contribution in [-0.2, 0) is 11.3 Å². The molecule has 1 aromatic heterocycles. The Morgan fingerprint density at radius 1 is 1.03 bits per heavy atom. The van der Waals surface area contributed by atoms with Gasteiger partial charge in [-0.1, -0.05) is 66.2 Å². The van der Waals surface area contributed by atoms with Crippen molar-refractivity contribution in [2.24, 2.45) is 0 Å². The maximum absolute atomic E-state index is 13.3. The highest BCUT2D eigenvalue weighted by Crippen LogP contribution is 2.38. The largest absolute Gasteiger partial charge is 0.367 e. The zero-order valence-electron chi connectivity index (χ0n) is 17.0. The molecule has 1 amide bonds. The van der Waals surface area contributed by atoms with Crippen LogP contribution >= 0.6 is 11.6 Å². The monoisotopic (exact) mass is 427 g/mol. The molecule has 0 spiro atoms. The van der Waals surface area contributed by atoms with E-state index in [1.165, 1.54) is 5.56 Å². The van der Waals surface area contributed by atoms with E-state index in [1.807, 2.05) is 54.7 Å². The van der Waals surface area contributed by atoms with Crippen molar-refractivity contribution >= 4 is 39.7 Å². The average Bonchev–Trinajstić information content (AvgIpc) is 2.80.